The van der Waals surface area contributed by atoms with Crippen LogP contribution < -0.4 is 4.90 Å². The van der Waals surface area contributed by atoms with E-state index < -0.39 is 34.0 Å². The van der Waals surface area contributed by atoms with E-state index in [1.54, 1.807) is 6.07 Å². The van der Waals surface area contributed by atoms with Crippen LogP contribution in [-0.4, -0.2) is 23.0 Å². The van der Waals surface area contributed by atoms with Crippen molar-refractivity contribution < 1.29 is 14.5 Å². The Kier molecular flexibility index (Phi) is 5.18. The van der Waals surface area contributed by atoms with E-state index in [4.69, 9.17) is 4.99 Å². The molecular weight excluding hydrogens is 558 g/mol. The fourth-order valence-corrected chi connectivity index (χ4v) is 7.21. The molecular formula is C31H20BrN3O4. The molecule has 0 saturated carbocycles. The number of benzene rings is 4. The Bertz CT molecular complexity index is 1700. The van der Waals surface area contributed by atoms with Crippen molar-refractivity contribution in [3.05, 3.63) is 134 Å². The molecule has 2 bridgehead atoms. The first-order chi connectivity index (χ1) is 18.9. The Balaban J connectivity index is 1.51. The van der Waals surface area contributed by atoms with E-state index >= 15 is 0 Å². The predicted octanol–water partition coefficient (Wildman–Crippen LogP) is 6.31. The predicted molar refractivity (Wildman–Crippen MR) is 150 cm³/mol. The van der Waals surface area contributed by atoms with Crippen molar-refractivity contribution >= 4 is 51.0 Å². The Labute approximate surface area is 232 Å². The lowest BCUT2D eigenvalue weighted by Gasteiger charge is -2.52. The van der Waals surface area contributed by atoms with Crippen LogP contribution in [0.4, 0.5) is 17.1 Å². The minimum Gasteiger partial charge on any atom is -0.274 e. The highest BCUT2D eigenvalue weighted by atomic mass is 79.9. The largest absolute Gasteiger partial charge is 0.293 e. The van der Waals surface area contributed by atoms with Gasteiger partial charge in [-0.05, 0) is 46.5 Å². The molecule has 0 unspecified atom stereocenters. The average Bonchev–Trinajstić information content (AvgIpc) is 3.22. The standard InChI is InChI=1S/C31H20BrN3O4/c32-18-8-7-9-19(16-18)33-17-31-22-12-3-1-10-20(22)26(21-11-2-4-13-23(21)31)27-28(31)30(37)34(29(27)36)24-14-5-6-15-25(24)35(38)39/h1-17,26-28H/t26?,27-,28+,31?/m1/s1. The second-order valence-electron chi connectivity index (χ2n) is 10.0. The number of rotatable bonds is 4. The molecule has 1 aliphatic heterocycles. The number of para-hydroxylation sites is 2. The van der Waals surface area contributed by atoms with Gasteiger partial charge in [-0.25, -0.2) is 4.90 Å². The highest BCUT2D eigenvalue weighted by Crippen LogP contribution is 2.64. The van der Waals surface area contributed by atoms with Crippen molar-refractivity contribution in [2.45, 2.75) is 11.3 Å². The van der Waals surface area contributed by atoms with Gasteiger partial charge in [-0.15, -0.1) is 0 Å². The number of nitrogens with zero attached hydrogens (tertiary/aromatic N) is 3. The maximum atomic E-state index is 14.4. The zero-order chi connectivity index (χ0) is 26.9. The monoisotopic (exact) mass is 577 g/mol. The number of nitro groups is 1. The van der Waals surface area contributed by atoms with Gasteiger partial charge in [0, 0.05) is 22.7 Å². The number of anilines is 1. The van der Waals surface area contributed by atoms with Crippen LogP contribution in [0.3, 0.4) is 0 Å². The second-order valence-corrected chi connectivity index (χ2v) is 10.9. The highest BCUT2D eigenvalue weighted by Gasteiger charge is 2.68. The number of imide groups is 1. The molecule has 0 aromatic heterocycles. The summed E-state index contributed by atoms with van der Waals surface area (Å²) >= 11 is 3.50. The molecule has 0 N–H and O–H groups in total. The zero-order valence-corrected chi connectivity index (χ0v) is 22.0. The number of carbonyl (C=O) groups is 2. The van der Waals surface area contributed by atoms with Gasteiger partial charge in [-0.1, -0.05) is 82.7 Å². The zero-order valence-electron chi connectivity index (χ0n) is 20.4. The first kappa shape index (κ1) is 23.7. The summed E-state index contributed by atoms with van der Waals surface area (Å²) < 4.78 is 0.871. The van der Waals surface area contributed by atoms with Gasteiger partial charge in [0.25, 0.3) is 5.69 Å². The van der Waals surface area contributed by atoms with E-state index in [2.05, 4.69) is 15.9 Å². The first-order valence-electron chi connectivity index (χ1n) is 12.5. The number of hydrogen-bond donors (Lipinski definition) is 0. The van der Waals surface area contributed by atoms with E-state index in [0.29, 0.717) is 5.69 Å². The number of carbonyl (C=O) groups excluding carboxylic acids is 2. The summed E-state index contributed by atoms with van der Waals surface area (Å²) in [5, 5.41) is 11.9. The lowest BCUT2D eigenvalue weighted by Crippen LogP contribution is -2.54. The molecule has 4 aliphatic rings. The molecule has 0 spiro atoms. The van der Waals surface area contributed by atoms with Gasteiger partial charge in [-0.3, -0.25) is 24.7 Å². The number of hydrogen-bond acceptors (Lipinski definition) is 5. The third-order valence-corrected chi connectivity index (χ3v) is 8.72. The van der Waals surface area contributed by atoms with E-state index in [1.807, 2.05) is 79.0 Å². The minimum atomic E-state index is -1.04. The maximum absolute atomic E-state index is 14.4. The summed E-state index contributed by atoms with van der Waals surface area (Å²) in [7, 11) is 0. The van der Waals surface area contributed by atoms with Crippen molar-refractivity contribution in [2.75, 3.05) is 4.90 Å². The number of aliphatic imine (C=N–C) groups is 1. The third kappa shape index (κ3) is 3.18. The Hall–Kier alpha value is -4.43. The topological polar surface area (TPSA) is 92.9 Å². The normalized spacial score (nSPS) is 24.5. The Morgan fingerprint density at radius 1 is 0.846 bits per heavy atom. The Morgan fingerprint density at radius 2 is 1.49 bits per heavy atom. The summed E-state index contributed by atoms with van der Waals surface area (Å²) in [4.78, 5) is 45.9. The summed E-state index contributed by atoms with van der Waals surface area (Å²) in [6, 6.07) is 29.3. The molecule has 2 amide bonds. The van der Waals surface area contributed by atoms with Crippen molar-refractivity contribution in [3.63, 3.8) is 0 Å². The van der Waals surface area contributed by atoms with E-state index in [9.17, 15) is 19.7 Å². The van der Waals surface area contributed by atoms with Gasteiger partial charge in [0.2, 0.25) is 11.8 Å². The molecule has 4 aromatic rings. The molecule has 1 saturated heterocycles. The maximum Gasteiger partial charge on any atom is 0.293 e. The molecule has 1 heterocycles. The molecule has 8 rings (SSSR count). The van der Waals surface area contributed by atoms with Crippen molar-refractivity contribution in [1.82, 2.24) is 0 Å². The number of nitro benzene ring substituents is 1. The van der Waals surface area contributed by atoms with Crippen molar-refractivity contribution in [2.24, 2.45) is 16.8 Å². The fraction of sp³-hybridized carbons (Fsp3) is 0.129. The summed E-state index contributed by atoms with van der Waals surface area (Å²) in [6.07, 6.45) is 1.81. The van der Waals surface area contributed by atoms with Crippen LogP contribution in [-0.2, 0) is 15.0 Å². The molecule has 7 nitrogen and oxygen atoms in total. The SMILES string of the molecule is O=C1[C@@H]2C3c4ccccc4C(C=Nc4cccc(Br)c4)(c4ccccc43)[C@@H]2C(=O)N1c1ccccc1[N+](=O)[O-]. The van der Waals surface area contributed by atoms with Crippen LogP contribution in [0.25, 0.3) is 0 Å². The summed E-state index contributed by atoms with van der Waals surface area (Å²) in [5.41, 5.74) is 3.19. The third-order valence-electron chi connectivity index (χ3n) is 8.23. The van der Waals surface area contributed by atoms with Gasteiger partial charge < -0.3 is 0 Å². The fourth-order valence-electron chi connectivity index (χ4n) is 6.83. The van der Waals surface area contributed by atoms with Gasteiger partial charge in [0.15, 0.2) is 0 Å². The molecule has 39 heavy (non-hydrogen) atoms. The van der Waals surface area contributed by atoms with Gasteiger partial charge in [0.1, 0.15) is 5.69 Å². The second kappa shape index (κ2) is 8.54. The molecule has 4 aromatic carbocycles. The van der Waals surface area contributed by atoms with E-state index in [-0.39, 0.29) is 17.3 Å². The molecule has 1 fully saturated rings. The van der Waals surface area contributed by atoms with E-state index in [1.165, 1.54) is 18.2 Å². The van der Waals surface area contributed by atoms with E-state index in [0.717, 1.165) is 31.6 Å². The lowest BCUT2D eigenvalue weighted by atomic mass is 9.47. The number of amides is 2. The van der Waals surface area contributed by atoms with Crippen LogP contribution >= 0.6 is 15.9 Å². The van der Waals surface area contributed by atoms with Gasteiger partial charge in [-0.2, -0.15) is 0 Å². The number of halogens is 1. The van der Waals surface area contributed by atoms with Gasteiger partial charge >= 0.3 is 0 Å². The van der Waals surface area contributed by atoms with Crippen LogP contribution in [0.5, 0.6) is 0 Å². The minimum absolute atomic E-state index is 0.00140. The quantitative estimate of drug-likeness (QED) is 0.123. The lowest BCUT2D eigenvalue weighted by molar-refractivity contribution is -0.384. The molecule has 190 valence electrons. The molecule has 2 atom stereocenters. The highest BCUT2D eigenvalue weighted by molar-refractivity contribution is 9.10. The van der Waals surface area contributed by atoms with Crippen LogP contribution in [0, 0.1) is 22.0 Å². The smallest absolute Gasteiger partial charge is 0.274 e. The van der Waals surface area contributed by atoms with Crippen LogP contribution in [0.2, 0.25) is 0 Å². The first-order valence-corrected chi connectivity index (χ1v) is 13.3. The molecule has 3 aliphatic carbocycles. The Morgan fingerprint density at radius 3 is 2.15 bits per heavy atom. The average molecular weight is 578 g/mol. The van der Waals surface area contributed by atoms with Gasteiger partial charge in [0.05, 0.1) is 27.9 Å². The molecule has 0 radical (unpaired) electrons. The van der Waals surface area contributed by atoms with Crippen molar-refractivity contribution in [1.29, 1.82) is 0 Å². The van der Waals surface area contributed by atoms with Crippen LogP contribution in [0.15, 0.2) is 107 Å². The van der Waals surface area contributed by atoms with Crippen LogP contribution in [0.1, 0.15) is 28.2 Å². The summed E-state index contributed by atoms with van der Waals surface area (Å²) in [5.74, 6) is -2.76. The summed E-state index contributed by atoms with van der Waals surface area (Å²) in [6.45, 7) is 0. The molecule has 8 heteroatoms. The van der Waals surface area contributed by atoms with Crippen molar-refractivity contribution in [3.8, 4) is 0 Å².